The van der Waals surface area contributed by atoms with Gasteiger partial charge in [0.1, 0.15) is 5.65 Å². The van der Waals surface area contributed by atoms with Crippen LogP contribution in [0.25, 0.3) is 5.65 Å². The van der Waals surface area contributed by atoms with Crippen molar-refractivity contribution in [3.05, 3.63) is 71.7 Å². The lowest BCUT2D eigenvalue weighted by Crippen LogP contribution is -2.26. The van der Waals surface area contributed by atoms with Crippen LogP contribution in [0.15, 0.2) is 54.9 Å². The molecular weight excluding hydrogens is 274 g/mol. The number of benzene rings is 1. The van der Waals surface area contributed by atoms with Gasteiger partial charge in [-0.3, -0.25) is 4.90 Å². The molecular formula is C18H21N3O. The van der Waals surface area contributed by atoms with Crippen molar-refractivity contribution < 1.29 is 5.11 Å². The Kier molecular flexibility index (Phi) is 4.51. The van der Waals surface area contributed by atoms with Gasteiger partial charge < -0.3 is 9.51 Å². The van der Waals surface area contributed by atoms with Gasteiger partial charge in [-0.2, -0.15) is 0 Å². The standard InChI is InChI=1S/C18H21N3O/c1-15-7-8-21-17(12-19-18(21)11-15)14-20(9-10-22)13-16-5-3-2-4-6-16/h2-8,11-12,22H,9-10,13-14H2,1H3. The summed E-state index contributed by atoms with van der Waals surface area (Å²) in [6.07, 6.45) is 3.98. The average molecular weight is 295 g/mol. The number of rotatable bonds is 6. The first kappa shape index (κ1) is 14.8. The molecule has 3 aromatic rings. The van der Waals surface area contributed by atoms with Gasteiger partial charge in [-0.1, -0.05) is 30.3 Å². The monoisotopic (exact) mass is 295 g/mol. The molecule has 0 saturated carbocycles. The quantitative estimate of drug-likeness (QED) is 0.760. The maximum atomic E-state index is 9.33. The third kappa shape index (κ3) is 3.35. The fourth-order valence-electron chi connectivity index (χ4n) is 2.68. The summed E-state index contributed by atoms with van der Waals surface area (Å²) in [5.74, 6) is 0. The third-order valence-electron chi connectivity index (χ3n) is 3.80. The summed E-state index contributed by atoms with van der Waals surface area (Å²) in [7, 11) is 0. The first-order valence-corrected chi connectivity index (χ1v) is 7.56. The van der Waals surface area contributed by atoms with Gasteiger partial charge in [0.25, 0.3) is 0 Å². The number of aliphatic hydroxyl groups excluding tert-OH is 1. The van der Waals surface area contributed by atoms with Gasteiger partial charge in [-0.05, 0) is 30.2 Å². The highest BCUT2D eigenvalue weighted by atomic mass is 16.3. The normalized spacial score (nSPS) is 11.4. The van der Waals surface area contributed by atoms with Crippen LogP contribution < -0.4 is 0 Å². The Hall–Kier alpha value is -2.17. The second-order valence-corrected chi connectivity index (χ2v) is 5.60. The van der Waals surface area contributed by atoms with Crippen molar-refractivity contribution in [2.75, 3.05) is 13.2 Å². The Labute approximate surface area is 130 Å². The lowest BCUT2D eigenvalue weighted by molar-refractivity contribution is 0.182. The topological polar surface area (TPSA) is 40.8 Å². The molecule has 0 spiro atoms. The van der Waals surface area contributed by atoms with E-state index in [-0.39, 0.29) is 6.61 Å². The zero-order valence-corrected chi connectivity index (χ0v) is 12.8. The second kappa shape index (κ2) is 6.73. The van der Waals surface area contributed by atoms with Crippen LogP contribution >= 0.6 is 0 Å². The molecule has 0 fully saturated rings. The van der Waals surface area contributed by atoms with Crippen LogP contribution in [0.2, 0.25) is 0 Å². The summed E-state index contributed by atoms with van der Waals surface area (Å²) in [5, 5.41) is 9.33. The molecule has 0 bridgehead atoms. The molecule has 0 aliphatic carbocycles. The summed E-state index contributed by atoms with van der Waals surface area (Å²) < 4.78 is 2.11. The van der Waals surface area contributed by atoms with Gasteiger partial charge in [0, 0.05) is 25.8 Å². The van der Waals surface area contributed by atoms with Crippen LogP contribution in [0, 0.1) is 6.92 Å². The van der Waals surface area contributed by atoms with Gasteiger partial charge in [-0.25, -0.2) is 4.98 Å². The highest BCUT2D eigenvalue weighted by molar-refractivity contribution is 5.42. The van der Waals surface area contributed by atoms with E-state index in [0.29, 0.717) is 6.54 Å². The Balaban J connectivity index is 1.80. The number of pyridine rings is 1. The summed E-state index contributed by atoms with van der Waals surface area (Å²) in [6.45, 7) is 4.46. The number of aryl methyl sites for hydroxylation is 1. The minimum atomic E-state index is 0.155. The first-order chi connectivity index (χ1) is 10.8. The molecule has 0 radical (unpaired) electrons. The second-order valence-electron chi connectivity index (χ2n) is 5.60. The summed E-state index contributed by atoms with van der Waals surface area (Å²) in [4.78, 5) is 6.71. The molecule has 0 atom stereocenters. The molecule has 114 valence electrons. The fourth-order valence-corrected chi connectivity index (χ4v) is 2.68. The largest absolute Gasteiger partial charge is 0.395 e. The van der Waals surface area contributed by atoms with Gasteiger partial charge in [0.2, 0.25) is 0 Å². The molecule has 22 heavy (non-hydrogen) atoms. The molecule has 0 saturated heterocycles. The number of nitrogens with zero attached hydrogens (tertiary/aromatic N) is 3. The van der Waals surface area contributed by atoms with Crippen molar-refractivity contribution in [1.82, 2.24) is 14.3 Å². The average Bonchev–Trinajstić information content (AvgIpc) is 2.90. The Morgan fingerprint density at radius 3 is 2.73 bits per heavy atom. The van der Waals surface area contributed by atoms with Crippen LogP contribution in [0.5, 0.6) is 0 Å². The predicted molar refractivity (Wildman–Crippen MR) is 87.6 cm³/mol. The van der Waals surface area contributed by atoms with Crippen LogP contribution in [-0.2, 0) is 13.1 Å². The predicted octanol–water partition coefficient (Wildman–Crippen LogP) is 2.64. The molecule has 1 aromatic carbocycles. The first-order valence-electron chi connectivity index (χ1n) is 7.56. The highest BCUT2D eigenvalue weighted by Crippen LogP contribution is 2.13. The maximum absolute atomic E-state index is 9.33. The number of hydrogen-bond donors (Lipinski definition) is 1. The van der Waals surface area contributed by atoms with Crippen molar-refractivity contribution in [1.29, 1.82) is 0 Å². The lowest BCUT2D eigenvalue weighted by Gasteiger charge is -2.21. The highest BCUT2D eigenvalue weighted by Gasteiger charge is 2.10. The van der Waals surface area contributed by atoms with Gasteiger partial charge >= 0.3 is 0 Å². The zero-order valence-electron chi connectivity index (χ0n) is 12.8. The van der Waals surface area contributed by atoms with Crippen LogP contribution in [0.3, 0.4) is 0 Å². The molecule has 0 aliphatic rings. The van der Waals surface area contributed by atoms with Gasteiger partial charge in [-0.15, -0.1) is 0 Å². The van der Waals surface area contributed by atoms with E-state index < -0.39 is 0 Å². The summed E-state index contributed by atoms with van der Waals surface area (Å²) >= 11 is 0. The minimum Gasteiger partial charge on any atom is -0.395 e. The van der Waals surface area contributed by atoms with Crippen LogP contribution in [0.4, 0.5) is 0 Å². The van der Waals surface area contributed by atoms with Crippen LogP contribution in [0.1, 0.15) is 16.8 Å². The van der Waals surface area contributed by atoms with E-state index in [9.17, 15) is 5.11 Å². The van der Waals surface area contributed by atoms with E-state index in [4.69, 9.17) is 0 Å². The van der Waals surface area contributed by atoms with E-state index in [2.05, 4.69) is 51.7 Å². The lowest BCUT2D eigenvalue weighted by atomic mass is 10.2. The SMILES string of the molecule is Cc1ccn2c(CN(CCO)Cc3ccccc3)cnc2c1. The number of fused-ring (bicyclic) bond motifs is 1. The van der Waals surface area contributed by atoms with Crippen molar-refractivity contribution in [2.45, 2.75) is 20.0 Å². The summed E-state index contributed by atoms with van der Waals surface area (Å²) in [5.41, 5.74) is 4.57. The smallest absolute Gasteiger partial charge is 0.137 e. The van der Waals surface area contributed by atoms with E-state index >= 15 is 0 Å². The van der Waals surface area contributed by atoms with Gasteiger partial charge in [0.15, 0.2) is 0 Å². The fraction of sp³-hybridized carbons (Fsp3) is 0.278. The van der Waals surface area contributed by atoms with Crippen molar-refractivity contribution in [3.63, 3.8) is 0 Å². The molecule has 3 rings (SSSR count). The molecule has 1 N–H and O–H groups in total. The molecule has 0 aliphatic heterocycles. The van der Waals surface area contributed by atoms with E-state index in [1.807, 2.05) is 24.4 Å². The third-order valence-corrected chi connectivity index (χ3v) is 3.80. The Morgan fingerprint density at radius 1 is 1.14 bits per heavy atom. The molecule has 4 nitrogen and oxygen atoms in total. The molecule has 0 amide bonds. The number of imidazole rings is 1. The zero-order chi connectivity index (χ0) is 15.4. The van der Waals surface area contributed by atoms with Crippen molar-refractivity contribution in [2.24, 2.45) is 0 Å². The van der Waals surface area contributed by atoms with Crippen molar-refractivity contribution in [3.8, 4) is 0 Å². The van der Waals surface area contributed by atoms with Crippen LogP contribution in [-0.4, -0.2) is 32.5 Å². The Morgan fingerprint density at radius 2 is 1.95 bits per heavy atom. The number of hydrogen-bond acceptors (Lipinski definition) is 3. The van der Waals surface area contributed by atoms with E-state index in [1.54, 1.807) is 0 Å². The van der Waals surface area contributed by atoms with Gasteiger partial charge in [0.05, 0.1) is 18.5 Å². The number of aromatic nitrogens is 2. The molecule has 2 aromatic heterocycles. The minimum absolute atomic E-state index is 0.155. The Bertz CT molecular complexity index is 736. The van der Waals surface area contributed by atoms with Crippen molar-refractivity contribution >= 4 is 5.65 Å². The maximum Gasteiger partial charge on any atom is 0.137 e. The molecule has 0 unspecified atom stereocenters. The van der Waals surface area contributed by atoms with E-state index in [0.717, 1.165) is 24.4 Å². The number of aliphatic hydroxyl groups is 1. The molecule has 4 heteroatoms. The summed E-state index contributed by atoms with van der Waals surface area (Å²) in [6, 6.07) is 14.5. The molecule has 2 heterocycles. The van der Waals surface area contributed by atoms with E-state index in [1.165, 1.54) is 11.1 Å².